The van der Waals surface area contributed by atoms with Crippen molar-refractivity contribution < 1.29 is 14.4 Å². The van der Waals surface area contributed by atoms with Crippen LogP contribution in [-0.2, 0) is 9.59 Å². The number of carbonyl (C=O) groups excluding carboxylic acids is 3. The van der Waals surface area contributed by atoms with Crippen molar-refractivity contribution in [1.29, 1.82) is 0 Å². The lowest BCUT2D eigenvalue weighted by atomic mass is 10.2. The van der Waals surface area contributed by atoms with Crippen LogP contribution in [0.3, 0.4) is 0 Å². The third-order valence-corrected chi connectivity index (χ3v) is 3.23. The van der Waals surface area contributed by atoms with Crippen LogP contribution >= 0.6 is 11.3 Å². The van der Waals surface area contributed by atoms with Crippen LogP contribution in [0.25, 0.3) is 0 Å². The van der Waals surface area contributed by atoms with Gasteiger partial charge in [0.1, 0.15) is 6.04 Å². The molecule has 1 aromatic heterocycles. The van der Waals surface area contributed by atoms with Crippen molar-refractivity contribution in [2.75, 3.05) is 13.1 Å². The predicted octanol–water partition coefficient (Wildman–Crippen LogP) is 0.509. The van der Waals surface area contributed by atoms with E-state index in [0.29, 0.717) is 12.1 Å². The Bertz CT molecular complexity index is 459. The van der Waals surface area contributed by atoms with E-state index in [1.54, 1.807) is 18.4 Å². The first-order valence-corrected chi connectivity index (χ1v) is 7.36. The second-order valence-electron chi connectivity index (χ2n) is 4.20. The second-order valence-corrected chi connectivity index (χ2v) is 4.98. The summed E-state index contributed by atoms with van der Waals surface area (Å²) in [5.41, 5.74) is 0.589. The third-order valence-electron chi connectivity index (χ3n) is 2.54. The monoisotopic (exact) mass is 297 g/mol. The Morgan fingerprint density at radius 1 is 1.30 bits per heavy atom. The topological polar surface area (TPSA) is 87.3 Å². The van der Waals surface area contributed by atoms with Gasteiger partial charge in [-0.05, 0) is 25.3 Å². The highest BCUT2D eigenvalue weighted by Gasteiger charge is 2.14. The predicted molar refractivity (Wildman–Crippen MR) is 77.6 cm³/mol. The molecule has 3 amide bonds. The van der Waals surface area contributed by atoms with Crippen LogP contribution < -0.4 is 16.0 Å². The zero-order chi connectivity index (χ0) is 15.0. The van der Waals surface area contributed by atoms with Crippen molar-refractivity contribution in [1.82, 2.24) is 16.0 Å². The van der Waals surface area contributed by atoms with E-state index in [0.717, 1.165) is 0 Å². The minimum absolute atomic E-state index is 0.139. The zero-order valence-corrected chi connectivity index (χ0v) is 12.4. The molecule has 0 saturated heterocycles. The molecule has 0 aliphatic carbocycles. The summed E-state index contributed by atoms with van der Waals surface area (Å²) in [6, 6.07) is 1.15. The number of nitrogens with one attached hydrogen (secondary N) is 3. The van der Waals surface area contributed by atoms with Crippen molar-refractivity contribution in [2.45, 2.75) is 26.3 Å². The Morgan fingerprint density at radius 2 is 2.05 bits per heavy atom. The zero-order valence-electron chi connectivity index (χ0n) is 11.6. The van der Waals surface area contributed by atoms with E-state index in [1.165, 1.54) is 11.3 Å². The van der Waals surface area contributed by atoms with E-state index >= 15 is 0 Å². The van der Waals surface area contributed by atoms with Gasteiger partial charge in [0, 0.05) is 30.5 Å². The van der Waals surface area contributed by atoms with Gasteiger partial charge >= 0.3 is 0 Å². The van der Waals surface area contributed by atoms with Gasteiger partial charge < -0.3 is 16.0 Å². The average molecular weight is 297 g/mol. The molecule has 1 heterocycles. The van der Waals surface area contributed by atoms with E-state index in [1.807, 2.05) is 12.3 Å². The van der Waals surface area contributed by atoms with Gasteiger partial charge in [0.2, 0.25) is 11.8 Å². The Morgan fingerprint density at radius 3 is 2.65 bits per heavy atom. The number of hydrogen-bond donors (Lipinski definition) is 3. The number of amides is 3. The highest BCUT2D eigenvalue weighted by Crippen LogP contribution is 2.04. The Balaban J connectivity index is 2.23. The summed E-state index contributed by atoms with van der Waals surface area (Å²) in [5, 5.41) is 11.4. The molecule has 7 heteroatoms. The summed E-state index contributed by atoms with van der Waals surface area (Å²) in [7, 11) is 0. The van der Waals surface area contributed by atoms with Crippen LogP contribution in [0.2, 0.25) is 0 Å². The maximum atomic E-state index is 11.6. The van der Waals surface area contributed by atoms with Crippen molar-refractivity contribution in [3.63, 3.8) is 0 Å². The molecule has 3 N–H and O–H groups in total. The Labute approximate surface area is 121 Å². The fraction of sp³-hybridized carbons (Fsp3) is 0.462. The summed E-state index contributed by atoms with van der Waals surface area (Å²) < 4.78 is 0. The van der Waals surface area contributed by atoms with Crippen molar-refractivity contribution in [2.24, 2.45) is 0 Å². The van der Waals surface area contributed by atoms with Crippen LogP contribution in [0, 0.1) is 0 Å². The number of thiophene rings is 1. The molecule has 110 valence electrons. The quantitative estimate of drug-likeness (QED) is 0.685. The number of rotatable bonds is 7. The first-order chi connectivity index (χ1) is 9.54. The van der Waals surface area contributed by atoms with Gasteiger partial charge in [-0.25, -0.2) is 0 Å². The first kappa shape index (κ1) is 16.2. The van der Waals surface area contributed by atoms with Crippen molar-refractivity contribution >= 4 is 29.1 Å². The van der Waals surface area contributed by atoms with Gasteiger partial charge in [0.05, 0.1) is 0 Å². The Kier molecular flexibility index (Phi) is 6.72. The van der Waals surface area contributed by atoms with Crippen LogP contribution in [0.5, 0.6) is 0 Å². The average Bonchev–Trinajstić information content (AvgIpc) is 2.92. The summed E-state index contributed by atoms with van der Waals surface area (Å²) in [6.45, 7) is 4.19. The number of likely N-dealkylation sites (N-methyl/N-ethyl adjacent to an activating group) is 1. The maximum absolute atomic E-state index is 11.6. The molecule has 0 aromatic carbocycles. The lowest BCUT2D eigenvalue weighted by molar-refractivity contribution is -0.128. The van der Waals surface area contributed by atoms with E-state index in [4.69, 9.17) is 0 Å². The smallest absolute Gasteiger partial charge is 0.252 e. The molecule has 20 heavy (non-hydrogen) atoms. The van der Waals surface area contributed by atoms with Crippen molar-refractivity contribution in [3.05, 3.63) is 22.4 Å². The molecule has 0 spiro atoms. The SMILES string of the molecule is CCNC(=O)[C@H](C)NC(=O)CCNC(=O)c1ccsc1. The number of carbonyl (C=O) groups is 3. The fourth-order valence-corrected chi connectivity index (χ4v) is 2.13. The molecule has 0 radical (unpaired) electrons. The molecule has 0 aliphatic heterocycles. The van der Waals surface area contributed by atoms with Crippen LogP contribution in [0.15, 0.2) is 16.8 Å². The van der Waals surface area contributed by atoms with Gasteiger partial charge in [-0.2, -0.15) is 11.3 Å². The standard InChI is InChI=1S/C13H19N3O3S/c1-3-14-12(18)9(2)16-11(17)4-6-15-13(19)10-5-7-20-8-10/h5,7-9H,3-4,6H2,1-2H3,(H,14,18)(H,15,19)(H,16,17)/t9-/m0/s1. The van der Waals surface area contributed by atoms with Crippen molar-refractivity contribution in [3.8, 4) is 0 Å². The van der Waals surface area contributed by atoms with Crippen LogP contribution in [-0.4, -0.2) is 36.9 Å². The minimum Gasteiger partial charge on any atom is -0.355 e. The molecule has 0 fully saturated rings. The summed E-state index contributed by atoms with van der Waals surface area (Å²) in [6.07, 6.45) is 0.139. The minimum atomic E-state index is -0.574. The van der Waals surface area contributed by atoms with E-state index < -0.39 is 6.04 Å². The molecular formula is C13H19N3O3S. The molecule has 0 aliphatic rings. The summed E-state index contributed by atoms with van der Waals surface area (Å²) in [5.74, 6) is -0.687. The molecule has 0 unspecified atom stereocenters. The molecule has 0 saturated carbocycles. The van der Waals surface area contributed by atoms with Gasteiger partial charge in [-0.1, -0.05) is 0 Å². The van der Waals surface area contributed by atoms with E-state index in [2.05, 4.69) is 16.0 Å². The fourth-order valence-electron chi connectivity index (χ4n) is 1.49. The highest BCUT2D eigenvalue weighted by molar-refractivity contribution is 7.08. The molecule has 1 rings (SSSR count). The second kappa shape index (κ2) is 8.31. The normalized spacial score (nSPS) is 11.5. The first-order valence-electron chi connectivity index (χ1n) is 6.42. The van der Waals surface area contributed by atoms with Gasteiger partial charge in [0.15, 0.2) is 0 Å². The molecule has 1 atom stereocenters. The van der Waals surface area contributed by atoms with Crippen LogP contribution in [0.4, 0.5) is 0 Å². The van der Waals surface area contributed by atoms with Gasteiger partial charge in [-0.3, -0.25) is 14.4 Å². The highest BCUT2D eigenvalue weighted by atomic mass is 32.1. The Hall–Kier alpha value is -1.89. The molecule has 1 aromatic rings. The van der Waals surface area contributed by atoms with Gasteiger partial charge in [-0.15, -0.1) is 0 Å². The third kappa shape index (κ3) is 5.40. The molecule has 6 nitrogen and oxygen atoms in total. The lowest BCUT2D eigenvalue weighted by Crippen LogP contribution is -2.45. The largest absolute Gasteiger partial charge is 0.355 e. The number of hydrogen-bond acceptors (Lipinski definition) is 4. The van der Waals surface area contributed by atoms with E-state index in [-0.39, 0.29) is 30.7 Å². The summed E-state index contributed by atoms with van der Waals surface area (Å²) >= 11 is 1.44. The van der Waals surface area contributed by atoms with Crippen LogP contribution in [0.1, 0.15) is 30.6 Å². The maximum Gasteiger partial charge on any atom is 0.252 e. The van der Waals surface area contributed by atoms with Gasteiger partial charge in [0.25, 0.3) is 5.91 Å². The molecule has 0 bridgehead atoms. The molecular weight excluding hydrogens is 278 g/mol. The lowest BCUT2D eigenvalue weighted by Gasteiger charge is -2.13. The van der Waals surface area contributed by atoms with E-state index in [9.17, 15) is 14.4 Å². The summed E-state index contributed by atoms with van der Waals surface area (Å²) in [4.78, 5) is 34.6.